The van der Waals surface area contributed by atoms with E-state index in [4.69, 9.17) is 5.73 Å². The lowest BCUT2D eigenvalue weighted by Gasteiger charge is -2.31. The Morgan fingerprint density at radius 3 is 1.70 bits per heavy atom. The van der Waals surface area contributed by atoms with Crippen LogP contribution < -0.4 is 32.3 Å². The molecular weight excluding hydrogens is 699 g/mol. The molecule has 2 aromatic carbocycles. The normalized spacial score (nSPS) is 24.7. The molecule has 2 heterocycles. The van der Waals surface area contributed by atoms with E-state index in [2.05, 4.69) is 26.6 Å². The van der Waals surface area contributed by atoms with Gasteiger partial charge in [-0.05, 0) is 54.7 Å². The Morgan fingerprint density at radius 2 is 1.19 bits per heavy atom. The highest BCUT2D eigenvalue weighted by Gasteiger charge is 2.42. The summed E-state index contributed by atoms with van der Waals surface area (Å²) in [4.78, 5) is 97.0. The number of rotatable bonds is 12. The predicted octanol–water partition coefficient (Wildman–Crippen LogP) is 0.575. The van der Waals surface area contributed by atoms with Gasteiger partial charge in [-0.15, -0.1) is 0 Å². The Morgan fingerprint density at radius 1 is 0.717 bits per heavy atom. The largest absolute Gasteiger partial charge is 0.370 e. The summed E-state index contributed by atoms with van der Waals surface area (Å²) in [6.07, 6.45) is 2.31. The summed E-state index contributed by atoms with van der Waals surface area (Å²) in [6.45, 7) is 4.03. The number of thioether (sulfide) groups is 1. The van der Waals surface area contributed by atoms with Gasteiger partial charge in [0.2, 0.25) is 41.4 Å². The highest BCUT2D eigenvalue weighted by molar-refractivity contribution is 7.98. The van der Waals surface area contributed by atoms with Gasteiger partial charge in [-0.1, -0.05) is 74.5 Å². The molecule has 0 radical (unpaired) electrons. The van der Waals surface area contributed by atoms with E-state index in [-0.39, 0.29) is 51.0 Å². The monoisotopic (exact) mass is 749 g/mol. The van der Waals surface area contributed by atoms with Crippen LogP contribution in [0.4, 0.5) is 0 Å². The molecule has 2 aromatic rings. The first-order valence-corrected chi connectivity index (χ1v) is 19.4. The third-order valence-electron chi connectivity index (χ3n) is 9.32. The van der Waals surface area contributed by atoms with Gasteiger partial charge in [0, 0.05) is 25.8 Å². The van der Waals surface area contributed by atoms with Gasteiger partial charge in [0.25, 0.3) is 0 Å². The molecule has 0 aliphatic carbocycles. The highest BCUT2D eigenvalue weighted by Crippen LogP contribution is 2.21. The molecule has 7 amide bonds. The maximum Gasteiger partial charge on any atom is 0.245 e. The number of fused-ring (bicyclic) bond motifs is 2. The fraction of sp³-hybridized carbons (Fsp3) is 0.500. The summed E-state index contributed by atoms with van der Waals surface area (Å²) in [5, 5.41) is 13.9. The molecule has 2 saturated heterocycles. The maximum atomic E-state index is 14.1. The van der Waals surface area contributed by atoms with E-state index in [1.165, 1.54) is 16.7 Å². The summed E-state index contributed by atoms with van der Waals surface area (Å²) in [5.41, 5.74) is 6.89. The van der Waals surface area contributed by atoms with Crippen LogP contribution >= 0.6 is 11.8 Å². The molecule has 2 fully saturated rings. The number of carbonyl (C=O) groups excluding carboxylic acids is 7. The van der Waals surface area contributed by atoms with Crippen molar-refractivity contribution in [3.8, 4) is 0 Å². The van der Waals surface area contributed by atoms with E-state index in [9.17, 15) is 33.6 Å². The standard InChI is InChI=1S/C38H51N7O7S/c1-23(2)20-31-37(51)41-27(17-19-53-3)34(48)40-26(14-15-32(39)46)33(47)43-30(22-25-12-8-5-9-13-25)36(50)44-29(21-24-10-6-4-7-11-24)35(49)42-28-16-18-45(31)38(28)52/h4-13,23,26-31H,14-22H2,1-3H3,(H2,39,46)(H,40,48)(H,41,51)(H,42,49)(H,43,47)(H,44,50)/t26-,27-,28+,29-,30-,31-/m0/s1. The Kier molecular flexibility index (Phi) is 15.2. The van der Waals surface area contributed by atoms with Crippen molar-refractivity contribution in [1.29, 1.82) is 0 Å². The molecule has 0 aromatic heterocycles. The van der Waals surface area contributed by atoms with Crippen molar-refractivity contribution in [2.24, 2.45) is 11.7 Å². The fourth-order valence-corrected chi connectivity index (χ4v) is 6.97. The van der Waals surface area contributed by atoms with Gasteiger partial charge in [0.1, 0.15) is 36.3 Å². The molecule has 4 rings (SSSR count). The van der Waals surface area contributed by atoms with Gasteiger partial charge in [-0.25, -0.2) is 0 Å². The number of benzene rings is 2. The molecule has 2 aliphatic rings. The first-order valence-electron chi connectivity index (χ1n) is 18.0. The van der Waals surface area contributed by atoms with E-state index in [0.717, 1.165) is 5.56 Å². The Labute approximate surface area is 314 Å². The summed E-state index contributed by atoms with van der Waals surface area (Å²) in [7, 11) is 0. The second-order valence-electron chi connectivity index (χ2n) is 13.9. The van der Waals surface area contributed by atoms with Gasteiger partial charge in [-0.3, -0.25) is 33.6 Å². The van der Waals surface area contributed by atoms with Crippen LogP contribution in [0.15, 0.2) is 60.7 Å². The number of hydrogen-bond acceptors (Lipinski definition) is 8. The van der Waals surface area contributed by atoms with Crippen molar-refractivity contribution in [2.75, 3.05) is 18.6 Å². The van der Waals surface area contributed by atoms with Crippen LogP contribution in [0.25, 0.3) is 0 Å². The Bertz CT molecular complexity index is 1610. The third kappa shape index (κ3) is 12.1. The molecule has 286 valence electrons. The van der Waals surface area contributed by atoms with Gasteiger partial charge in [-0.2, -0.15) is 11.8 Å². The lowest BCUT2D eigenvalue weighted by Crippen LogP contribution is -2.61. The molecule has 0 spiro atoms. The molecule has 7 N–H and O–H groups in total. The SMILES string of the molecule is CSCC[C@@H]1NC(=O)[C@H](CC(C)C)N2CC[C@@H](NC(=O)[C@H](Cc3ccccc3)NC(=O)[C@H](Cc3ccccc3)NC(=O)[C@H](CCC(N)=O)NC1=O)C2=O. The lowest BCUT2D eigenvalue weighted by molar-refractivity contribution is -0.141. The average molecular weight is 750 g/mol. The zero-order chi connectivity index (χ0) is 38.5. The minimum Gasteiger partial charge on any atom is -0.370 e. The van der Waals surface area contributed by atoms with Crippen molar-refractivity contribution in [3.63, 3.8) is 0 Å². The van der Waals surface area contributed by atoms with E-state index in [0.29, 0.717) is 17.7 Å². The first-order chi connectivity index (χ1) is 25.4. The summed E-state index contributed by atoms with van der Waals surface area (Å²) in [6, 6.07) is 11.4. The summed E-state index contributed by atoms with van der Waals surface area (Å²) in [5.74, 6) is -3.84. The van der Waals surface area contributed by atoms with Crippen molar-refractivity contribution in [1.82, 2.24) is 31.5 Å². The van der Waals surface area contributed by atoms with Crippen LogP contribution in [0, 0.1) is 5.92 Å². The number of nitrogens with zero attached hydrogens (tertiary/aromatic N) is 1. The van der Waals surface area contributed by atoms with E-state index in [1.807, 2.05) is 44.4 Å². The molecule has 14 nitrogen and oxygen atoms in total. The maximum absolute atomic E-state index is 14.1. The minimum atomic E-state index is -1.30. The topological polar surface area (TPSA) is 209 Å². The minimum absolute atomic E-state index is 0.000281. The molecule has 15 heteroatoms. The van der Waals surface area contributed by atoms with Crippen molar-refractivity contribution in [3.05, 3.63) is 71.8 Å². The molecular formula is C38H51N7O7S. The van der Waals surface area contributed by atoms with E-state index >= 15 is 0 Å². The smallest absolute Gasteiger partial charge is 0.245 e. The third-order valence-corrected chi connectivity index (χ3v) is 9.96. The first kappa shape index (κ1) is 40.8. The Hall–Kier alpha value is -4.92. The van der Waals surface area contributed by atoms with Gasteiger partial charge < -0.3 is 37.2 Å². The summed E-state index contributed by atoms with van der Waals surface area (Å²) >= 11 is 1.46. The lowest BCUT2D eigenvalue weighted by atomic mass is 10.0. The van der Waals surface area contributed by atoms with Crippen LogP contribution in [0.5, 0.6) is 0 Å². The molecule has 53 heavy (non-hydrogen) atoms. The number of amides is 7. The van der Waals surface area contributed by atoms with Crippen molar-refractivity contribution >= 4 is 53.1 Å². The zero-order valence-electron chi connectivity index (χ0n) is 30.5. The fourth-order valence-electron chi connectivity index (χ4n) is 6.50. The van der Waals surface area contributed by atoms with Crippen LogP contribution in [-0.2, 0) is 46.4 Å². The Balaban J connectivity index is 1.76. The summed E-state index contributed by atoms with van der Waals surface area (Å²) < 4.78 is 0. The predicted molar refractivity (Wildman–Crippen MR) is 201 cm³/mol. The second-order valence-corrected chi connectivity index (χ2v) is 14.9. The molecule has 0 unspecified atom stereocenters. The van der Waals surface area contributed by atoms with Crippen LogP contribution in [0.1, 0.15) is 57.1 Å². The quantitative estimate of drug-likeness (QED) is 0.180. The van der Waals surface area contributed by atoms with Crippen LogP contribution in [0.3, 0.4) is 0 Å². The van der Waals surface area contributed by atoms with Gasteiger partial charge >= 0.3 is 0 Å². The van der Waals surface area contributed by atoms with Crippen molar-refractivity contribution < 1.29 is 33.6 Å². The molecule has 6 atom stereocenters. The number of nitrogens with two attached hydrogens (primary N) is 1. The van der Waals surface area contributed by atoms with Crippen LogP contribution in [0.2, 0.25) is 0 Å². The molecule has 2 bridgehead atoms. The molecule has 2 aliphatic heterocycles. The number of nitrogens with one attached hydrogen (secondary N) is 5. The number of hydrogen-bond donors (Lipinski definition) is 6. The highest BCUT2D eigenvalue weighted by atomic mass is 32.2. The van der Waals surface area contributed by atoms with Crippen LogP contribution in [-0.4, -0.2) is 101 Å². The average Bonchev–Trinajstić information content (AvgIpc) is 3.48. The molecule has 0 saturated carbocycles. The van der Waals surface area contributed by atoms with Crippen molar-refractivity contribution in [2.45, 2.75) is 95.0 Å². The van der Waals surface area contributed by atoms with Gasteiger partial charge in [0.05, 0.1) is 0 Å². The number of primary amides is 1. The number of carbonyl (C=O) groups is 7. The zero-order valence-corrected chi connectivity index (χ0v) is 31.3. The second kappa shape index (κ2) is 19.8. The van der Waals surface area contributed by atoms with E-state index in [1.54, 1.807) is 36.4 Å². The van der Waals surface area contributed by atoms with Gasteiger partial charge in [0.15, 0.2) is 0 Å². The van der Waals surface area contributed by atoms with E-state index < -0.39 is 77.6 Å².